The summed E-state index contributed by atoms with van der Waals surface area (Å²) in [4.78, 5) is 12.1. The van der Waals surface area contributed by atoms with Crippen LogP contribution in [0.3, 0.4) is 0 Å². The van der Waals surface area contributed by atoms with Gasteiger partial charge < -0.3 is 4.74 Å². The van der Waals surface area contributed by atoms with E-state index in [-0.39, 0.29) is 40.5 Å². The van der Waals surface area contributed by atoms with Crippen LogP contribution in [0.25, 0.3) is 10.9 Å². The molecule has 1 heterocycles. The van der Waals surface area contributed by atoms with E-state index < -0.39 is 27.4 Å². The maximum Gasteiger partial charge on any atom is 0.416 e. The van der Waals surface area contributed by atoms with Gasteiger partial charge in [-0.2, -0.15) is 13.2 Å². The molecule has 0 bridgehead atoms. The molecule has 0 N–H and O–H groups in total. The standard InChI is InChI=1S/C27H32F3NO4S/c1-18(2)19-9-8-11-23(17-19)36(33,34)31-22(10-6-7-12-25(32)35-26(3,4)5)16-20-15-21(27(28,29)30)13-14-24(20)31/h8-9,11,13-18H,6-7,10,12H2,1-5H3. The van der Waals surface area contributed by atoms with Crippen molar-refractivity contribution in [1.82, 2.24) is 3.97 Å². The molecule has 2 aromatic carbocycles. The predicted octanol–water partition coefficient (Wildman–Crippen LogP) is 7.08. The number of ether oxygens (including phenoxy) is 1. The molecule has 0 amide bonds. The van der Waals surface area contributed by atoms with Crippen LogP contribution >= 0.6 is 0 Å². The maximum absolute atomic E-state index is 13.8. The average Bonchev–Trinajstić information content (AvgIpc) is 3.13. The van der Waals surface area contributed by atoms with E-state index in [0.717, 1.165) is 21.7 Å². The van der Waals surface area contributed by atoms with E-state index in [0.29, 0.717) is 18.5 Å². The van der Waals surface area contributed by atoms with Crippen LogP contribution in [0.5, 0.6) is 0 Å². The quantitative estimate of drug-likeness (QED) is 0.234. The molecule has 196 valence electrons. The molecule has 0 aliphatic carbocycles. The SMILES string of the molecule is CC(C)c1cccc(S(=O)(=O)n2c(CCCCC(=O)OC(C)(C)C)cc3cc(C(F)(F)F)ccc32)c1. The number of nitrogens with zero attached hydrogens (tertiary/aromatic N) is 1. The Kier molecular flexibility index (Phi) is 7.93. The maximum atomic E-state index is 13.8. The van der Waals surface area contributed by atoms with Crippen molar-refractivity contribution in [1.29, 1.82) is 0 Å². The van der Waals surface area contributed by atoms with Crippen LogP contribution < -0.4 is 0 Å². The van der Waals surface area contributed by atoms with Crippen molar-refractivity contribution >= 4 is 26.9 Å². The molecule has 0 saturated heterocycles. The van der Waals surface area contributed by atoms with Gasteiger partial charge in [0.15, 0.2) is 0 Å². The second kappa shape index (κ2) is 10.3. The molecule has 5 nitrogen and oxygen atoms in total. The second-order valence-corrected chi connectivity index (χ2v) is 12.0. The lowest BCUT2D eigenvalue weighted by Crippen LogP contribution is -2.23. The van der Waals surface area contributed by atoms with E-state index in [2.05, 4.69) is 0 Å². The molecule has 0 radical (unpaired) electrons. The fourth-order valence-electron chi connectivity index (χ4n) is 3.99. The molecule has 3 aromatic rings. The van der Waals surface area contributed by atoms with Gasteiger partial charge in [0.1, 0.15) is 5.60 Å². The van der Waals surface area contributed by atoms with E-state index in [1.165, 1.54) is 18.2 Å². The number of aryl methyl sites for hydroxylation is 1. The third-order valence-electron chi connectivity index (χ3n) is 5.70. The summed E-state index contributed by atoms with van der Waals surface area (Å²) in [7, 11) is -4.09. The first kappa shape index (κ1) is 27.8. The minimum Gasteiger partial charge on any atom is -0.460 e. The van der Waals surface area contributed by atoms with Crippen molar-refractivity contribution in [3.8, 4) is 0 Å². The lowest BCUT2D eigenvalue weighted by Gasteiger charge is -2.19. The number of aromatic nitrogens is 1. The van der Waals surface area contributed by atoms with Crippen LogP contribution in [0, 0.1) is 0 Å². The highest BCUT2D eigenvalue weighted by molar-refractivity contribution is 7.90. The zero-order chi connectivity index (χ0) is 26.9. The van der Waals surface area contributed by atoms with Crippen LogP contribution in [0.15, 0.2) is 53.4 Å². The van der Waals surface area contributed by atoms with Crippen LogP contribution in [0.4, 0.5) is 13.2 Å². The van der Waals surface area contributed by atoms with Crippen molar-refractivity contribution in [2.24, 2.45) is 0 Å². The number of halogens is 3. The number of carbonyl (C=O) groups is 1. The van der Waals surface area contributed by atoms with Crippen molar-refractivity contribution in [3.63, 3.8) is 0 Å². The Morgan fingerprint density at radius 1 is 1.00 bits per heavy atom. The number of fused-ring (bicyclic) bond motifs is 1. The highest BCUT2D eigenvalue weighted by atomic mass is 32.2. The third kappa shape index (κ3) is 6.49. The molecule has 1 aromatic heterocycles. The number of unbranched alkanes of at least 4 members (excludes halogenated alkanes) is 1. The van der Waals surface area contributed by atoms with E-state index in [4.69, 9.17) is 4.74 Å². The number of alkyl halides is 3. The minimum absolute atomic E-state index is 0.0705. The molecule has 0 fully saturated rings. The monoisotopic (exact) mass is 523 g/mol. The first-order valence-electron chi connectivity index (χ1n) is 11.9. The summed E-state index contributed by atoms with van der Waals surface area (Å²) < 4.78 is 73.9. The number of rotatable bonds is 8. The molecule has 0 spiro atoms. The largest absolute Gasteiger partial charge is 0.460 e. The van der Waals surface area contributed by atoms with Crippen molar-refractivity contribution in [2.45, 2.75) is 82.9 Å². The molecule has 0 aliphatic rings. The highest BCUT2D eigenvalue weighted by Crippen LogP contribution is 2.34. The summed E-state index contributed by atoms with van der Waals surface area (Å²) in [6.07, 6.45) is -3.20. The minimum atomic E-state index is -4.55. The molecule has 0 unspecified atom stereocenters. The zero-order valence-corrected chi connectivity index (χ0v) is 22.0. The smallest absolute Gasteiger partial charge is 0.416 e. The molecular formula is C27H32F3NO4S. The van der Waals surface area contributed by atoms with Gasteiger partial charge in [0.2, 0.25) is 0 Å². The van der Waals surface area contributed by atoms with Crippen LogP contribution in [-0.4, -0.2) is 24.0 Å². The Balaban J connectivity index is 2.00. The van der Waals surface area contributed by atoms with Crippen molar-refractivity contribution < 1.29 is 31.1 Å². The number of esters is 1. The molecule has 9 heteroatoms. The number of benzene rings is 2. The zero-order valence-electron chi connectivity index (χ0n) is 21.1. The topological polar surface area (TPSA) is 65.4 Å². The Morgan fingerprint density at radius 3 is 2.31 bits per heavy atom. The number of hydrogen-bond acceptors (Lipinski definition) is 4. The summed E-state index contributed by atoms with van der Waals surface area (Å²) in [5.74, 6) is -0.251. The summed E-state index contributed by atoms with van der Waals surface area (Å²) in [5, 5.41) is 0.190. The van der Waals surface area contributed by atoms with Crippen molar-refractivity contribution in [2.75, 3.05) is 0 Å². The van der Waals surface area contributed by atoms with Gasteiger partial charge in [0.25, 0.3) is 10.0 Å². The lowest BCUT2D eigenvalue weighted by molar-refractivity contribution is -0.155. The van der Waals surface area contributed by atoms with Gasteiger partial charge in [0, 0.05) is 17.5 Å². The highest BCUT2D eigenvalue weighted by Gasteiger charge is 2.32. The molecule has 3 rings (SSSR count). The molecular weight excluding hydrogens is 491 g/mol. The van der Waals surface area contributed by atoms with Crippen LogP contribution in [0.1, 0.15) is 76.6 Å². The fraction of sp³-hybridized carbons (Fsp3) is 0.444. The summed E-state index contributed by atoms with van der Waals surface area (Å²) in [5.41, 5.74) is -0.0598. The van der Waals surface area contributed by atoms with Gasteiger partial charge in [-0.1, -0.05) is 26.0 Å². The van der Waals surface area contributed by atoms with Gasteiger partial charge in [0.05, 0.1) is 16.0 Å². The van der Waals surface area contributed by atoms with Gasteiger partial charge in [-0.3, -0.25) is 4.79 Å². The van der Waals surface area contributed by atoms with E-state index in [9.17, 15) is 26.4 Å². The number of hydrogen-bond donors (Lipinski definition) is 0. The summed E-state index contributed by atoms with van der Waals surface area (Å²) in [6, 6.07) is 11.1. The predicted molar refractivity (Wildman–Crippen MR) is 133 cm³/mol. The van der Waals surface area contributed by atoms with Crippen LogP contribution in [-0.2, 0) is 32.2 Å². The number of carbonyl (C=O) groups excluding carboxylic acids is 1. The fourth-order valence-corrected chi connectivity index (χ4v) is 5.61. The van der Waals surface area contributed by atoms with Gasteiger partial charge in [-0.05, 0) is 87.9 Å². The molecule has 0 atom stereocenters. The average molecular weight is 524 g/mol. The molecule has 0 aliphatic heterocycles. The molecule has 36 heavy (non-hydrogen) atoms. The first-order chi connectivity index (χ1) is 16.6. The van der Waals surface area contributed by atoms with Gasteiger partial charge >= 0.3 is 12.1 Å². The second-order valence-electron chi connectivity index (χ2n) is 10.2. The Bertz CT molecular complexity index is 1350. The Morgan fingerprint density at radius 2 is 1.69 bits per heavy atom. The van der Waals surface area contributed by atoms with Crippen LogP contribution in [0.2, 0.25) is 0 Å². The van der Waals surface area contributed by atoms with Gasteiger partial charge in [-0.25, -0.2) is 12.4 Å². The third-order valence-corrected chi connectivity index (χ3v) is 7.47. The summed E-state index contributed by atoms with van der Waals surface area (Å²) in [6.45, 7) is 9.23. The van der Waals surface area contributed by atoms with Crippen molar-refractivity contribution in [3.05, 3.63) is 65.4 Å². The van der Waals surface area contributed by atoms with E-state index in [1.807, 2.05) is 19.9 Å². The Hall–Kier alpha value is -2.81. The Labute approximate surface area is 210 Å². The summed E-state index contributed by atoms with van der Waals surface area (Å²) >= 11 is 0. The van der Waals surface area contributed by atoms with Gasteiger partial charge in [-0.15, -0.1) is 0 Å². The first-order valence-corrected chi connectivity index (χ1v) is 13.3. The van der Waals surface area contributed by atoms with E-state index in [1.54, 1.807) is 32.9 Å². The molecule has 0 saturated carbocycles. The normalized spacial score (nSPS) is 12.9. The lowest BCUT2D eigenvalue weighted by atomic mass is 10.0. The van der Waals surface area contributed by atoms with E-state index >= 15 is 0 Å².